The smallest absolute Gasteiger partial charge is 0.224 e. The zero-order valence-electron chi connectivity index (χ0n) is 13.1. The number of anilines is 1. The van der Waals surface area contributed by atoms with Crippen molar-refractivity contribution in [2.75, 3.05) is 18.4 Å². The SMILES string of the molecule is N#Cc1cccnc1N[C@H]1CC(=O)N(CCc2ccc(F)cc2)C1. The Kier molecular flexibility index (Phi) is 4.71. The third-order valence-corrected chi connectivity index (χ3v) is 4.07. The first-order chi connectivity index (χ1) is 11.7. The molecule has 0 aliphatic carbocycles. The number of nitrogens with one attached hydrogen (secondary N) is 1. The zero-order chi connectivity index (χ0) is 16.9. The number of amides is 1. The minimum atomic E-state index is -0.260. The fourth-order valence-electron chi connectivity index (χ4n) is 2.80. The van der Waals surface area contributed by atoms with Gasteiger partial charge in [-0.2, -0.15) is 5.26 Å². The second-order valence-corrected chi connectivity index (χ2v) is 5.77. The fourth-order valence-corrected chi connectivity index (χ4v) is 2.80. The number of hydrogen-bond acceptors (Lipinski definition) is 4. The Morgan fingerprint density at radius 2 is 2.12 bits per heavy atom. The first-order valence-electron chi connectivity index (χ1n) is 7.79. The molecular formula is C18H17FN4O. The highest BCUT2D eigenvalue weighted by atomic mass is 19.1. The molecule has 1 N–H and O–H groups in total. The molecule has 0 saturated carbocycles. The van der Waals surface area contributed by atoms with Gasteiger partial charge in [-0.1, -0.05) is 12.1 Å². The van der Waals surface area contributed by atoms with Gasteiger partial charge < -0.3 is 10.2 Å². The molecule has 1 aromatic heterocycles. The lowest BCUT2D eigenvalue weighted by atomic mass is 10.1. The average molecular weight is 324 g/mol. The van der Waals surface area contributed by atoms with Gasteiger partial charge in [-0.3, -0.25) is 4.79 Å². The van der Waals surface area contributed by atoms with Crippen molar-refractivity contribution in [3.05, 3.63) is 59.5 Å². The van der Waals surface area contributed by atoms with Crippen molar-refractivity contribution < 1.29 is 9.18 Å². The van der Waals surface area contributed by atoms with Crippen LogP contribution in [-0.2, 0) is 11.2 Å². The molecule has 0 spiro atoms. The Labute approximate surface area is 139 Å². The Hall–Kier alpha value is -2.94. The molecule has 122 valence electrons. The van der Waals surface area contributed by atoms with Gasteiger partial charge in [0, 0.05) is 25.7 Å². The summed E-state index contributed by atoms with van der Waals surface area (Å²) in [5, 5.41) is 12.3. The van der Waals surface area contributed by atoms with E-state index in [-0.39, 0.29) is 17.8 Å². The molecule has 3 rings (SSSR count). The number of likely N-dealkylation sites (tertiary alicyclic amines) is 1. The molecule has 1 amide bonds. The molecule has 1 fully saturated rings. The van der Waals surface area contributed by atoms with Gasteiger partial charge in [0.2, 0.25) is 5.91 Å². The Balaban J connectivity index is 1.57. The third-order valence-electron chi connectivity index (χ3n) is 4.07. The van der Waals surface area contributed by atoms with E-state index in [0.717, 1.165) is 5.56 Å². The summed E-state index contributed by atoms with van der Waals surface area (Å²) in [6.07, 6.45) is 2.68. The molecule has 2 aromatic rings. The van der Waals surface area contributed by atoms with Crippen LogP contribution in [0.1, 0.15) is 17.5 Å². The van der Waals surface area contributed by atoms with E-state index in [1.54, 1.807) is 35.4 Å². The van der Waals surface area contributed by atoms with Crippen molar-refractivity contribution in [3.8, 4) is 6.07 Å². The number of carbonyl (C=O) groups is 1. The standard InChI is InChI=1S/C18H17FN4O/c19-15-5-3-13(4-6-15)7-9-23-12-16(10-17(23)24)22-18-14(11-20)2-1-8-21-18/h1-6,8,16H,7,9-10,12H2,(H,21,22)/t16-/m0/s1. The van der Waals surface area contributed by atoms with Crippen LogP contribution < -0.4 is 5.32 Å². The predicted octanol–water partition coefficient (Wildman–Crippen LogP) is 2.35. The number of hydrogen-bond donors (Lipinski definition) is 1. The van der Waals surface area contributed by atoms with Crippen LogP contribution in [0.3, 0.4) is 0 Å². The minimum absolute atomic E-state index is 0.0623. The second kappa shape index (κ2) is 7.09. The number of benzene rings is 1. The molecule has 1 atom stereocenters. The van der Waals surface area contributed by atoms with Crippen molar-refractivity contribution in [2.24, 2.45) is 0 Å². The monoisotopic (exact) mass is 324 g/mol. The quantitative estimate of drug-likeness (QED) is 0.916. The van der Waals surface area contributed by atoms with Crippen LogP contribution in [0.25, 0.3) is 0 Å². The van der Waals surface area contributed by atoms with Crippen molar-refractivity contribution in [3.63, 3.8) is 0 Å². The number of halogens is 1. The van der Waals surface area contributed by atoms with Crippen LogP contribution in [0.15, 0.2) is 42.6 Å². The molecule has 5 nitrogen and oxygen atoms in total. The van der Waals surface area contributed by atoms with Gasteiger partial charge in [-0.15, -0.1) is 0 Å². The van der Waals surface area contributed by atoms with Crippen LogP contribution in [0, 0.1) is 17.1 Å². The molecule has 1 aromatic carbocycles. The highest BCUT2D eigenvalue weighted by Crippen LogP contribution is 2.18. The van der Waals surface area contributed by atoms with Gasteiger partial charge in [-0.05, 0) is 36.2 Å². The lowest BCUT2D eigenvalue weighted by molar-refractivity contribution is -0.127. The van der Waals surface area contributed by atoms with Gasteiger partial charge in [0.05, 0.1) is 11.6 Å². The van der Waals surface area contributed by atoms with Crippen LogP contribution in [0.4, 0.5) is 10.2 Å². The summed E-state index contributed by atoms with van der Waals surface area (Å²) in [6, 6.07) is 11.7. The maximum atomic E-state index is 12.9. The number of aromatic nitrogens is 1. The molecule has 0 unspecified atom stereocenters. The number of rotatable bonds is 5. The highest BCUT2D eigenvalue weighted by molar-refractivity contribution is 5.80. The van der Waals surface area contributed by atoms with Crippen molar-refractivity contribution in [1.29, 1.82) is 5.26 Å². The average Bonchev–Trinajstić information content (AvgIpc) is 2.94. The third kappa shape index (κ3) is 3.69. The van der Waals surface area contributed by atoms with E-state index in [0.29, 0.717) is 37.3 Å². The van der Waals surface area contributed by atoms with E-state index in [1.165, 1.54) is 12.1 Å². The highest BCUT2D eigenvalue weighted by Gasteiger charge is 2.29. The summed E-state index contributed by atoms with van der Waals surface area (Å²) in [5.41, 5.74) is 1.46. The van der Waals surface area contributed by atoms with E-state index in [4.69, 9.17) is 5.26 Å². The van der Waals surface area contributed by atoms with Gasteiger partial charge in [0.15, 0.2) is 0 Å². The summed E-state index contributed by atoms with van der Waals surface area (Å²) in [7, 11) is 0. The number of pyridine rings is 1. The topological polar surface area (TPSA) is 69.0 Å². The lowest BCUT2D eigenvalue weighted by Gasteiger charge is -2.17. The van der Waals surface area contributed by atoms with Gasteiger partial charge in [0.1, 0.15) is 17.7 Å². The van der Waals surface area contributed by atoms with Crippen LogP contribution in [0.2, 0.25) is 0 Å². The number of nitrogens with zero attached hydrogens (tertiary/aromatic N) is 3. The molecule has 6 heteroatoms. The molecular weight excluding hydrogens is 307 g/mol. The van der Waals surface area contributed by atoms with E-state index in [1.807, 2.05) is 0 Å². The maximum Gasteiger partial charge on any atom is 0.224 e. The Morgan fingerprint density at radius 1 is 1.33 bits per heavy atom. The molecule has 1 saturated heterocycles. The predicted molar refractivity (Wildman–Crippen MR) is 87.7 cm³/mol. The van der Waals surface area contributed by atoms with Crippen molar-refractivity contribution in [1.82, 2.24) is 9.88 Å². The minimum Gasteiger partial charge on any atom is -0.364 e. The Bertz CT molecular complexity index is 769. The number of carbonyl (C=O) groups excluding carboxylic acids is 1. The zero-order valence-corrected chi connectivity index (χ0v) is 13.1. The first kappa shape index (κ1) is 15.9. The summed E-state index contributed by atoms with van der Waals surface area (Å²) >= 11 is 0. The van der Waals surface area contributed by atoms with Gasteiger partial charge in [0.25, 0.3) is 0 Å². The first-order valence-corrected chi connectivity index (χ1v) is 7.79. The normalized spacial score (nSPS) is 16.9. The largest absolute Gasteiger partial charge is 0.364 e. The Morgan fingerprint density at radius 3 is 2.88 bits per heavy atom. The van der Waals surface area contributed by atoms with Crippen LogP contribution >= 0.6 is 0 Å². The molecule has 2 heterocycles. The van der Waals surface area contributed by atoms with Gasteiger partial charge >= 0.3 is 0 Å². The molecule has 24 heavy (non-hydrogen) atoms. The van der Waals surface area contributed by atoms with E-state index in [9.17, 15) is 9.18 Å². The van der Waals surface area contributed by atoms with Crippen LogP contribution in [0.5, 0.6) is 0 Å². The van der Waals surface area contributed by atoms with E-state index in [2.05, 4.69) is 16.4 Å². The molecule has 1 aliphatic heterocycles. The summed E-state index contributed by atoms with van der Waals surface area (Å²) < 4.78 is 12.9. The van der Waals surface area contributed by atoms with Crippen molar-refractivity contribution in [2.45, 2.75) is 18.9 Å². The maximum absolute atomic E-state index is 12.9. The fraction of sp³-hybridized carbons (Fsp3) is 0.278. The van der Waals surface area contributed by atoms with Crippen LogP contribution in [-0.4, -0.2) is 34.9 Å². The number of nitriles is 1. The van der Waals surface area contributed by atoms with E-state index < -0.39 is 0 Å². The molecule has 0 radical (unpaired) electrons. The second-order valence-electron chi connectivity index (χ2n) is 5.77. The summed E-state index contributed by atoms with van der Waals surface area (Å²) in [6.45, 7) is 1.16. The van der Waals surface area contributed by atoms with Crippen molar-refractivity contribution >= 4 is 11.7 Å². The molecule has 0 bridgehead atoms. The molecule has 1 aliphatic rings. The lowest BCUT2D eigenvalue weighted by Crippen LogP contribution is -2.30. The summed E-state index contributed by atoms with van der Waals surface area (Å²) in [5.74, 6) is 0.325. The summed E-state index contributed by atoms with van der Waals surface area (Å²) in [4.78, 5) is 18.1. The van der Waals surface area contributed by atoms with E-state index >= 15 is 0 Å². The van der Waals surface area contributed by atoms with Gasteiger partial charge in [-0.25, -0.2) is 9.37 Å².